The maximum absolute atomic E-state index is 13.9. The van der Waals surface area contributed by atoms with Gasteiger partial charge in [0.25, 0.3) is 0 Å². The summed E-state index contributed by atoms with van der Waals surface area (Å²) in [7, 11) is 0. The van der Waals surface area contributed by atoms with Crippen molar-refractivity contribution in [3.8, 4) is 11.4 Å². The fourth-order valence-electron chi connectivity index (χ4n) is 3.37. The normalized spacial score (nSPS) is 11.3. The van der Waals surface area contributed by atoms with Crippen molar-refractivity contribution < 1.29 is 4.39 Å². The Kier molecular flexibility index (Phi) is 4.66. The first-order valence-electron chi connectivity index (χ1n) is 8.91. The van der Waals surface area contributed by atoms with Gasteiger partial charge in [-0.15, -0.1) is 11.3 Å². The Morgan fingerprint density at radius 3 is 2.74 bits per heavy atom. The molecule has 0 saturated carbocycles. The van der Waals surface area contributed by atoms with Crippen LogP contribution >= 0.6 is 11.3 Å². The quantitative estimate of drug-likeness (QED) is 0.487. The number of aromatic amines is 1. The van der Waals surface area contributed by atoms with Gasteiger partial charge in [0.15, 0.2) is 0 Å². The maximum atomic E-state index is 13.9. The third-order valence-corrected chi connectivity index (χ3v) is 6.00. The summed E-state index contributed by atoms with van der Waals surface area (Å²) in [5, 5.41) is 4.40. The van der Waals surface area contributed by atoms with Gasteiger partial charge in [-0.05, 0) is 68.0 Å². The van der Waals surface area contributed by atoms with Gasteiger partial charge in [0.05, 0.1) is 11.4 Å². The summed E-state index contributed by atoms with van der Waals surface area (Å²) >= 11 is 1.74. The predicted molar refractivity (Wildman–Crippen MR) is 110 cm³/mol. The van der Waals surface area contributed by atoms with E-state index in [1.54, 1.807) is 29.8 Å². The maximum Gasteiger partial charge on any atom is 0.130 e. The standard InChI is InChI=1S/C21H21FN4S/c1-12-8-15(22)9-17-16(14(3)27-21(12)17)6-7-23-20-10-19(24-11-25-20)18-5-4-13(2)26-18/h4-5,8-11,26H,6-7H2,1-3H3,(H,23,24,25). The molecule has 2 N–H and O–H groups in total. The first-order valence-corrected chi connectivity index (χ1v) is 9.73. The average molecular weight is 380 g/mol. The molecule has 0 aliphatic rings. The molecule has 0 aliphatic carbocycles. The van der Waals surface area contributed by atoms with Crippen LogP contribution in [0.15, 0.2) is 36.7 Å². The zero-order chi connectivity index (χ0) is 19.0. The highest BCUT2D eigenvalue weighted by molar-refractivity contribution is 7.19. The van der Waals surface area contributed by atoms with Crippen molar-refractivity contribution in [1.29, 1.82) is 0 Å². The van der Waals surface area contributed by atoms with Gasteiger partial charge in [-0.3, -0.25) is 0 Å². The average Bonchev–Trinajstić information content (AvgIpc) is 3.20. The SMILES string of the molecule is Cc1ccc(-c2cc(NCCc3c(C)sc4c(C)cc(F)cc34)ncn2)[nH]1. The summed E-state index contributed by atoms with van der Waals surface area (Å²) in [5.74, 6) is 0.612. The molecule has 0 amide bonds. The zero-order valence-corrected chi connectivity index (χ0v) is 16.4. The van der Waals surface area contributed by atoms with Crippen LogP contribution in [0.4, 0.5) is 10.2 Å². The summed E-state index contributed by atoms with van der Waals surface area (Å²) in [5.41, 5.74) is 5.14. The largest absolute Gasteiger partial charge is 0.370 e. The zero-order valence-electron chi connectivity index (χ0n) is 15.6. The summed E-state index contributed by atoms with van der Waals surface area (Å²) in [6, 6.07) is 9.23. The Hall–Kier alpha value is -2.73. The van der Waals surface area contributed by atoms with Crippen molar-refractivity contribution in [2.24, 2.45) is 0 Å². The fraction of sp³-hybridized carbons (Fsp3) is 0.238. The van der Waals surface area contributed by atoms with Crippen molar-refractivity contribution in [2.45, 2.75) is 27.2 Å². The van der Waals surface area contributed by atoms with Gasteiger partial charge < -0.3 is 10.3 Å². The highest BCUT2D eigenvalue weighted by Crippen LogP contribution is 2.34. The number of hydrogen-bond acceptors (Lipinski definition) is 4. The number of aryl methyl sites for hydroxylation is 3. The molecule has 27 heavy (non-hydrogen) atoms. The van der Waals surface area contributed by atoms with Crippen LogP contribution in [0.25, 0.3) is 21.5 Å². The number of nitrogens with zero attached hydrogens (tertiary/aromatic N) is 2. The molecule has 0 atom stereocenters. The molecule has 4 nitrogen and oxygen atoms in total. The molecule has 0 fully saturated rings. The van der Waals surface area contributed by atoms with Crippen LogP contribution < -0.4 is 5.32 Å². The molecule has 0 radical (unpaired) electrons. The summed E-state index contributed by atoms with van der Waals surface area (Å²) < 4.78 is 15.0. The monoisotopic (exact) mass is 380 g/mol. The van der Waals surface area contributed by atoms with Crippen molar-refractivity contribution in [3.05, 3.63) is 64.2 Å². The second kappa shape index (κ2) is 7.12. The third-order valence-electron chi connectivity index (χ3n) is 4.70. The van der Waals surface area contributed by atoms with Gasteiger partial charge in [0.2, 0.25) is 0 Å². The van der Waals surface area contributed by atoms with Crippen molar-refractivity contribution in [1.82, 2.24) is 15.0 Å². The van der Waals surface area contributed by atoms with Crippen molar-refractivity contribution >= 4 is 27.2 Å². The van der Waals surface area contributed by atoms with E-state index in [1.807, 2.05) is 32.0 Å². The number of halogens is 1. The van der Waals surface area contributed by atoms with Crippen LogP contribution in [0, 0.1) is 26.6 Å². The molecule has 0 bridgehead atoms. The van der Waals surface area contributed by atoms with E-state index in [4.69, 9.17) is 0 Å². The van der Waals surface area contributed by atoms with Gasteiger partial charge in [0, 0.05) is 27.9 Å². The molecular formula is C21H21FN4S. The number of hydrogen-bond donors (Lipinski definition) is 2. The number of fused-ring (bicyclic) bond motifs is 1. The van der Waals surface area contributed by atoms with Crippen LogP contribution in [0.1, 0.15) is 21.7 Å². The molecular weight excluding hydrogens is 359 g/mol. The van der Waals surface area contributed by atoms with Crippen LogP contribution in [0.2, 0.25) is 0 Å². The minimum atomic E-state index is -0.173. The number of thiophene rings is 1. The second-order valence-corrected chi connectivity index (χ2v) is 7.98. The highest BCUT2D eigenvalue weighted by Gasteiger charge is 2.12. The number of benzene rings is 1. The Labute approximate surface area is 161 Å². The van der Waals surface area contributed by atoms with Gasteiger partial charge in [-0.1, -0.05) is 0 Å². The molecule has 4 rings (SSSR count). The number of anilines is 1. The Morgan fingerprint density at radius 1 is 1.11 bits per heavy atom. The number of nitrogens with one attached hydrogen (secondary N) is 2. The lowest BCUT2D eigenvalue weighted by Crippen LogP contribution is -2.07. The molecule has 0 unspecified atom stereocenters. The molecule has 3 heterocycles. The van der Waals surface area contributed by atoms with Crippen molar-refractivity contribution in [3.63, 3.8) is 0 Å². The summed E-state index contributed by atoms with van der Waals surface area (Å²) in [6.07, 6.45) is 2.38. The van der Waals surface area contributed by atoms with E-state index in [0.717, 1.165) is 46.8 Å². The number of H-pyrrole nitrogens is 1. The van der Waals surface area contributed by atoms with Gasteiger partial charge in [-0.2, -0.15) is 0 Å². The molecule has 1 aromatic carbocycles. The minimum absolute atomic E-state index is 0.173. The molecule has 138 valence electrons. The van der Waals surface area contributed by atoms with Crippen LogP contribution in [0.5, 0.6) is 0 Å². The molecule has 6 heteroatoms. The fourth-order valence-corrected chi connectivity index (χ4v) is 4.53. The lowest BCUT2D eigenvalue weighted by atomic mass is 10.1. The molecule has 3 aromatic heterocycles. The first-order chi connectivity index (χ1) is 13.0. The smallest absolute Gasteiger partial charge is 0.130 e. The van der Waals surface area contributed by atoms with Crippen LogP contribution in [-0.2, 0) is 6.42 Å². The Bertz CT molecular complexity index is 1110. The number of rotatable bonds is 5. The predicted octanol–water partition coefficient (Wildman–Crippen LogP) is 5.41. The van der Waals surface area contributed by atoms with Crippen LogP contribution in [0.3, 0.4) is 0 Å². The van der Waals surface area contributed by atoms with E-state index in [-0.39, 0.29) is 5.82 Å². The molecule has 0 aliphatic heterocycles. The van der Waals surface area contributed by atoms with Crippen LogP contribution in [-0.4, -0.2) is 21.5 Å². The van der Waals surface area contributed by atoms with E-state index in [2.05, 4.69) is 27.2 Å². The topological polar surface area (TPSA) is 53.6 Å². The second-order valence-electron chi connectivity index (χ2n) is 6.76. The number of aromatic nitrogens is 3. The Balaban J connectivity index is 1.51. The third kappa shape index (κ3) is 3.57. The van der Waals surface area contributed by atoms with Gasteiger partial charge >= 0.3 is 0 Å². The first kappa shape index (κ1) is 17.7. The highest BCUT2D eigenvalue weighted by atomic mass is 32.1. The van der Waals surface area contributed by atoms with Gasteiger partial charge in [-0.25, -0.2) is 14.4 Å². The Morgan fingerprint density at radius 2 is 1.96 bits per heavy atom. The minimum Gasteiger partial charge on any atom is -0.370 e. The lowest BCUT2D eigenvalue weighted by molar-refractivity contribution is 0.628. The van der Waals surface area contributed by atoms with E-state index in [0.29, 0.717) is 0 Å². The van der Waals surface area contributed by atoms with Crippen molar-refractivity contribution in [2.75, 3.05) is 11.9 Å². The van der Waals surface area contributed by atoms with E-state index >= 15 is 0 Å². The van der Waals surface area contributed by atoms with E-state index in [1.165, 1.54) is 15.1 Å². The van der Waals surface area contributed by atoms with E-state index < -0.39 is 0 Å². The molecule has 0 saturated heterocycles. The summed E-state index contributed by atoms with van der Waals surface area (Å²) in [4.78, 5) is 13.2. The molecule has 0 spiro atoms. The van der Waals surface area contributed by atoms with E-state index in [9.17, 15) is 4.39 Å². The lowest BCUT2D eigenvalue weighted by Gasteiger charge is -2.07. The molecule has 4 aromatic rings. The summed E-state index contributed by atoms with van der Waals surface area (Å²) in [6.45, 7) is 6.81. The van der Waals surface area contributed by atoms with Gasteiger partial charge in [0.1, 0.15) is 18.0 Å².